The van der Waals surface area contributed by atoms with Gasteiger partial charge in [-0.25, -0.2) is 0 Å². The first-order chi connectivity index (χ1) is 17.8. The third-order valence-corrected chi connectivity index (χ3v) is 8.13. The van der Waals surface area contributed by atoms with E-state index in [9.17, 15) is 9.59 Å². The summed E-state index contributed by atoms with van der Waals surface area (Å²) < 4.78 is 0. The number of nitrogens with one attached hydrogen (secondary N) is 2. The smallest absolute Gasteiger partial charge is 0.220 e. The van der Waals surface area contributed by atoms with E-state index in [1.54, 1.807) is 0 Å². The highest BCUT2D eigenvalue weighted by Gasteiger charge is 2.37. The van der Waals surface area contributed by atoms with Crippen LogP contribution in [0.5, 0.6) is 0 Å². The van der Waals surface area contributed by atoms with E-state index in [-0.39, 0.29) is 42.3 Å². The number of amides is 2. The number of halogens is 1. The molecule has 6 heteroatoms. The van der Waals surface area contributed by atoms with E-state index in [2.05, 4.69) is 53.9 Å². The van der Waals surface area contributed by atoms with Crippen LogP contribution in [0.15, 0.2) is 66.7 Å². The summed E-state index contributed by atoms with van der Waals surface area (Å²) in [6, 6.07) is 22.4. The Morgan fingerprint density at radius 2 is 1.65 bits per heavy atom. The average Bonchev–Trinajstić information content (AvgIpc) is 2.88. The maximum Gasteiger partial charge on any atom is 0.220 e. The molecule has 1 atom stereocenters. The molecule has 2 amide bonds. The molecule has 1 aliphatic carbocycles. The average molecular weight is 520 g/mol. The third kappa shape index (κ3) is 6.91. The molecule has 3 aromatic carbocycles. The van der Waals surface area contributed by atoms with Gasteiger partial charge in [-0.15, -0.1) is 0 Å². The van der Waals surface area contributed by atoms with Gasteiger partial charge in [0.15, 0.2) is 0 Å². The van der Waals surface area contributed by atoms with Gasteiger partial charge in [0.05, 0.1) is 6.04 Å². The number of benzene rings is 3. The van der Waals surface area contributed by atoms with Crippen molar-refractivity contribution in [1.29, 1.82) is 0 Å². The second kappa shape index (κ2) is 12.1. The van der Waals surface area contributed by atoms with Crippen molar-refractivity contribution < 1.29 is 9.59 Å². The zero-order chi connectivity index (χ0) is 26.4. The minimum atomic E-state index is -0.126. The fourth-order valence-corrected chi connectivity index (χ4v) is 5.87. The molecular weight excluding hydrogens is 482 g/mol. The molecular formula is C31H38ClN3O2. The van der Waals surface area contributed by atoms with E-state index in [1.165, 1.54) is 5.56 Å². The Hall–Kier alpha value is -2.89. The van der Waals surface area contributed by atoms with Crippen LogP contribution in [0.1, 0.15) is 62.6 Å². The van der Waals surface area contributed by atoms with Gasteiger partial charge in [-0.2, -0.15) is 0 Å². The van der Waals surface area contributed by atoms with Crippen molar-refractivity contribution in [1.82, 2.24) is 15.5 Å². The molecule has 0 heterocycles. The molecule has 1 unspecified atom stereocenters. The molecule has 0 aliphatic heterocycles. The monoisotopic (exact) mass is 519 g/mol. The summed E-state index contributed by atoms with van der Waals surface area (Å²) in [5.74, 6) is -0.155. The molecule has 196 valence electrons. The standard InChI is InChI=1S/C31H38ClN3O2/c1-22(27-13-7-10-24-9-4-5-12-28(24)27)33-29(36)14-15-30(37)34-26-16-18-31(19-17-26,35(2)3)21-23-8-6-11-25(32)20-23/h4-13,20,22,26H,14-19,21H2,1-3H3,(H,33,36)(H,34,37). The van der Waals surface area contributed by atoms with E-state index in [0.717, 1.165) is 53.5 Å². The molecule has 0 spiro atoms. The number of likely N-dealkylation sites (N-methyl/N-ethyl adjacent to an activating group) is 1. The first kappa shape index (κ1) is 27.2. The van der Waals surface area contributed by atoms with Crippen LogP contribution in [-0.2, 0) is 16.0 Å². The molecule has 3 aromatic rings. The molecule has 1 aliphatic rings. The maximum absolute atomic E-state index is 12.7. The zero-order valence-corrected chi connectivity index (χ0v) is 22.9. The van der Waals surface area contributed by atoms with Crippen LogP contribution in [-0.4, -0.2) is 42.4 Å². The van der Waals surface area contributed by atoms with Crippen LogP contribution in [0.25, 0.3) is 10.8 Å². The van der Waals surface area contributed by atoms with Gasteiger partial charge in [-0.1, -0.05) is 66.2 Å². The molecule has 0 radical (unpaired) electrons. The van der Waals surface area contributed by atoms with Gasteiger partial charge < -0.3 is 15.5 Å². The Labute approximate surface area is 225 Å². The first-order valence-corrected chi connectivity index (χ1v) is 13.6. The van der Waals surface area contributed by atoms with Crippen LogP contribution >= 0.6 is 11.6 Å². The Bertz CT molecular complexity index is 1230. The highest BCUT2D eigenvalue weighted by molar-refractivity contribution is 6.30. The summed E-state index contributed by atoms with van der Waals surface area (Å²) in [5, 5.41) is 9.29. The molecule has 2 N–H and O–H groups in total. The number of hydrogen-bond donors (Lipinski definition) is 2. The fourth-order valence-electron chi connectivity index (χ4n) is 5.65. The van der Waals surface area contributed by atoms with Crippen LogP contribution in [0, 0.1) is 0 Å². The van der Waals surface area contributed by atoms with Gasteiger partial charge in [0.25, 0.3) is 0 Å². The van der Waals surface area contributed by atoms with Crippen molar-refractivity contribution >= 4 is 34.2 Å². The lowest BCUT2D eigenvalue weighted by Crippen LogP contribution is -2.52. The lowest BCUT2D eigenvalue weighted by atomic mass is 9.75. The van der Waals surface area contributed by atoms with Crippen molar-refractivity contribution in [2.24, 2.45) is 0 Å². The molecule has 0 bridgehead atoms. The molecule has 1 saturated carbocycles. The fraction of sp³-hybridized carbons (Fsp3) is 0.419. The lowest BCUT2D eigenvalue weighted by molar-refractivity contribution is -0.127. The SMILES string of the molecule is CC(NC(=O)CCC(=O)NC1CCC(Cc2cccc(Cl)c2)(N(C)C)CC1)c1cccc2ccccc12. The minimum Gasteiger partial charge on any atom is -0.353 e. The van der Waals surface area contributed by atoms with Crippen molar-refractivity contribution in [3.8, 4) is 0 Å². The number of rotatable bonds is 9. The lowest BCUT2D eigenvalue weighted by Gasteiger charge is -2.45. The van der Waals surface area contributed by atoms with Crippen molar-refractivity contribution in [3.05, 3.63) is 82.9 Å². The number of nitrogens with zero attached hydrogens (tertiary/aromatic N) is 1. The van der Waals surface area contributed by atoms with Crippen molar-refractivity contribution in [3.63, 3.8) is 0 Å². The van der Waals surface area contributed by atoms with Crippen LogP contribution < -0.4 is 10.6 Å². The second-order valence-corrected chi connectivity index (χ2v) is 11.1. The molecule has 4 rings (SSSR count). The number of hydrogen-bond acceptors (Lipinski definition) is 3. The van der Waals surface area contributed by atoms with Gasteiger partial charge in [-0.05, 0) is 87.2 Å². The van der Waals surface area contributed by atoms with Gasteiger partial charge in [0, 0.05) is 29.4 Å². The normalized spacial score (nSPS) is 20.5. The van der Waals surface area contributed by atoms with E-state index in [0.29, 0.717) is 0 Å². The Morgan fingerprint density at radius 3 is 2.38 bits per heavy atom. The number of carbonyl (C=O) groups is 2. The summed E-state index contributed by atoms with van der Waals surface area (Å²) in [6.07, 6.45) is 5.18. The van der Waals surface area contributed by atoms with Gasteiger partial charge >= 0.3 is 0 Å². The minimum absolute atomic E-state index is 0.0508. The van der Waals surface area contributed by atoms with E-state index >= 15 is 0 Å². The quantitative estimate of drug-likeness (QED) is 0.361. The van der Waals surface area contributed by atoms with Crippen LogP contribution in [0.2, 0.25) is 5.02 Å². The highest BCUT2D eigenvalue weighted by Crippen LogP contribution is 2.36. The molecule has 37 heavy (non-hydrogen) atoms. The highest BCUT2D eigenvalue weighted by atomic mass is 35.5. The summed E-state index contributed by atoms with van der Waals surface area (Å²) in [6.45, 7) is 1.99. The summed E-state index contributed by atoms with van der Waals surface area (Å²) in [7, 11) is 4.28. The van der Waals surface area contributed by atoms with E-state index < -0.39 is 0 Å². The molecule has 1 fully saturated rings. The second-order valence-electron chi connectivity index (χ2n) is 10.6. The maximum atomic E-state index is 12.7. The molecule has 5 nitrogen and oxygen atoms in total. The topological polar surface area (TPSA) is 61.4 Å². The van der Waals surface area contributed by atoms with Gasteiger partial charge in [0.1, 0.15) is 0 Å². The van der Waals surface area contributed by atoms with Crippen molar-refractivity contribution in [2.45, 2.75) is 69.5 Å². The molecule has 0 saturated heterocycles. The van der Waals surface area contributed by atoms with Gasteiger partial charge in [-0.3, -0.25) is 9.59 Å². The van der Waals surface area contributed by atoms with E-state index in [4.69, 9.17) is 11.6 Å². The number of fused-ring (bicyclic) bond motifs is 1. The third-order valence-electron chi connectivity index (χ3n) is 7.90. The summed E-state index contributed by atoms with van der Waals surface area (Å²) >= 11 is 6.21. The Balaban J connectivity index is 1.24. The Kier molecular flexibility index (Phi) is 8.88. The Morgan fingerprint density at radius 1 is 0.973 bits per heavy atom. The van der Waals surface area contributed by atoms with Gasteiger partial charge in [0.2, 0.25) is 11.8 Å². The first-order valence-electron chi connectivity index (χ1n) is 13.2. The zero-order valence-electron chi connectivity index (χ0n) is 22.1. The predicted octanol–water partition coefficient (Wildman–Crippen LogP) is 6.05. The summed E-state index contributed by atoms with van der Waals surface area (Å²) in [5.41, 5.74) is 2.39. The number of carbonyl (C=O) groups excluding carboxylic acids is 2. The van der Waals surface area contributed by atoms with Crippen LogP contribution in [0.4, 0.5) is 0 Å². The van der Waals surface area contributed by atoms with Crippen molar-refractivity contribution in [2.75, 3.05) is 14.1 Å². The summed E-state index contributed by atoms with van der Waals surface area (Å²) in [4.78, 5) is 27.6. The molecule has 0 aromatic heterocycles. The largest absolute Gasteiger partial charge is 0.353 e. The predicted molar refractivity (Wildman–Crippen MR) is 152 cm³/mol. The van der Waals surface area contributed by atoms with Crippen LogP contribution in [0.3, 0.4) is 0 Å². The van der Waals surface area contributed by atoms with E-state index in [1.807, 2.05) is 49.4 Å².